The molecule has 1 aromatic carbocycles. The number of ether oxygens (including phenoxy) is 2. The van der Waals surface area contributed by atoms with Crippen LogP contribution < -0.4 is 10.1 Å². The van der Waals surface area contributed by atoms with Gasteiger partial charge in [-0.05, 0) is 19.1 Å². The molecule has 0 spiro atoms. The van der Waals surface area contributed by atoms with Crippen LogP contribution in [0.2, 0.25) is 0 Å². The van der Waals surface area contributed by atoms with Crippen LogP contribution in [0.15, 0.2) is 40.9 Å². The van der Waals surface area contributed by atoms with E-state index in [-0.39, 0.29) is 30.2 Å². The Hall–Kier alpha value is -3.01. The number of aliphatic carboxylic acids is 1. The van der Waals surface area contributed by atoms with E-state index in [0.29, 0.717) is 29.4 Å². The molecule has 1 fully saturated rings. The number of fused-ring (bicyclic) bond motifs is 1. The summed E-state index contributed by atoms with van der Waals surface area (Å²) in [6, 6.07) is 8.65. The summed E-state index contributed by atoms with van der Waals surface area (Å²) < 4.78 is 10.5. The van der Waals surface area contributed by atoms with E-state index in [1.165, 1.54) is 23.6 Å². The van der Waals surface area contributed by atoms with E-state index in [9.17, 15) is 24.3 Å². The number of carbonyl (C=O) groups is 4. The minimum Gasteiger partial charge on any atom is -0.484 e. The number of hydrogen-bond acceptors (Lipinski definition) is 7. The molecule has 2 N–H and O–H groups in total. The molecule has 2 aliphatic heterocycles. The van der Waals surface area contributed by atoms with Gasteiger partial charge in [-0.25, -0.2) is 4.79 Å². The summed E-state index contributed by atoms with van der Waals surface area (Å²) >= 11 is 1.30. The number of rotatable bonds is 10. The van der Waals surface area contributed by atoms with Gasteiger partial charge in [0.25, 0.3) is 5.91 Å². The largest absolute Gasteiger partial charge is 0.484 e. The Morgan fingerprint density at radius 3 is 2.65 bits per heavy atom. The molecule has 0 radical (unpaired) electrons. The fraction of sp³-hybridized carbons (Fsp3) is 0.429. The Kier molecular flexibility index (Phi) is 7.21. The van der Waals surface area contributed by atoms with E-state index in [1.807, 2.05) is 18.2 Å². The first kappa shape index (κ1) is 22.7. The van der Waals surface area contributed by atoms with Gasteiger partial charge in [0.15, 0.2) is 6.61 Å². The van der Waals surface area contributed by atoms with E-state index in [4.69, 9.17) is 9.47 Å². The van der Waals surface area contributed by atoms with Crippen LogP contribution in [0.5, 0.6) is 5.75 Å². The zero-order chi connectivity index (χ0) is 22.5. The first-order chi connectivity index (χ1) is 14.8. The molecular formula is C21H24N2O7S. The SMILES string of the molecule is CC(=O)O[C@@H](C)[C@H]1C(=O)N2C(C(=O)O)=C(SCCNC(=O)COc3ccccc3)C[C@H]12. The third-order valence-electron chi connectivity index (χ3n) is 5.04. The van der Waals surface area contributed by atoms with Crippen molar-refractivity contribution in [2.45, 2.75) is 32.4 Å². The third kappa shape index (κ3) is 5.19. The first-order valence-electron chi connectivity index (χ1n) is 9.83. The van der Waals surface area contributed by atoms with Gasteiger partial charge in [-0.3, -0.25) is 14.4 Å². The van der Waals surface area contributed by atoms with Crippen molar-refractivity contribution in [3.8, 4) is 5.75 Å². The average Bonchev–Trinajstić information content (AvgIpc) is 3.04. The van der Waals surface area contributed by atoms with Crippen LogP contribution in [0, 0.1) is 5.92 Å². The molecule has 0 saturated carbocycles. The average molecular weight is 448 g/mol. The van der Waals surface area contributed by atoms with Gasteiger partial charge in [-0.15, -0.1) is 11.8 Å². The van der Waals surface area contributed by atoms with Crippen LogP contribution in [0.25, 0.3) is 0 Å². The van der Waals surface area contributed by atoms with Crippen LogP contribution in [0.3, 0.4) is 0 Å². The minimum absolute atomic E-state index is 0.0231. The minimum atomic E-state index is -1.17. The lowest BCUT2D eigenvalue weighted by Gasteiger charge is -2.45. The smallest absolute Gasteiger partial charge is 0.353 e. The number of esters is 1. The molecule has 166 valence electrons. The zero-order valence-corrected chi connectivity index (χ0v) is 18.0. The van der Waals surface area contributed by atoms with Crippen molar-refractivity contribution in [3.05, 3.63) is 40.9 Å². The number of carbonyl (C=O) groups excluding carboxylic acids is 3. The molecule has 2 heterocycles. The second kappa shape index (κ2) is 9.86. The highest BCUT2D eigenvalue weighted by molar-refractivity contribution is 8.03. The number of amides is 2. The van der Waals surface area contributed by atoms with E-state index < -0.39 is 24.0 Å². The monoisotopic (exact) mass is 448 g/mol. The lowest BCUT2D eigenvalue weighted by molar-refractivity contribution is -0.169. The topological polar surface area (TPSA) is 122 Å². The number of nitrogens with zero attached hydrogens (tertiary/aromatic N) is 1. The molecule has 1 saturated heterocycles. The van der Waals surface area contributed by atoms with Crippen molar-refractivity contribution < 1.29 is 33.8 Å². The van der Waals surface area contributed by atoms with Crippen molar-refractivity contribution in [3.63, 3.8) is 0 Å². The number of carboxylic acid groups (broad SMARTS) is 1. The van der Waals surface area contributed by atoms with Gasteiger partial charge in [-0.1, -0.05) is 18.2 Å². The van der Waals surface area contributed by atoms with Crippen LogP contribution in [-0.4, -0.2) is 64.8 Å². The Bertz CT molecular complexity index is 902. The quantitative estimate of drug-likeness (QED) is 0.313. The van der Waals surface area contributed by atoms with E-state index >= 15 is 0 Å². The van der Waals surface area contributed by atoms with Gasteiger partial charge in [0, 0.05) is 30.5 Å². The second-order valence-electron chi connectivity index (χ2n) is 7.20. The van der Waals surface area contributed by atoms with E-state index in [1.54, 1.807) is 19.1 Å². The standard InChI is InChI=1S/C21H24N2O7S/c1-12(30-13(2)24)18-15-10-16(19(21(27)28)23(15)20(18)26)31-9-8-22-17(25)11-29-14-6-4-3-5-7-14/h3-7,12,15,18H,8-11H2,1-2H3,(H,22,25)(H,27,28)/t12-,15+,18+/m0/s1. The van der Waals surface area contributed by atoms with Crippen molar-refractivity contribution >= 4 is 35.5 Å². The van der Waals surface area contributed by atoms with Crippen LogP contribution in [0.4, 0.5) is 0 Å². The molecule has 2 amide bonds. The van der Waals surface area contributed by atoms with Gasteiger partial charge in [0.1, 0.15) is 17.6 Å². The maximum Gasteiger partial charge on any atom is 0.353 e. The van der Waals surface area contributed by atoms with Crippen LogP contribution in [0.1, 0.15) is 20.3 Å². The summed E-state index contributed by atoms with van der Waals surface area (Å²) in [7, 11) is 0. The molecular weight excluding hydrogens is 424 g/mol. The Labute approximate surface area is 183 Å². The number of benzene rings is 1. The Balaban J connectivity index is 1.48. The second-order valence-corrected chi connectivity index (χ2v) is 8.39. The number of nitrogens with one attached hydrogen (secondary N) is 1. The van der Waals surface area contributed by atoms with Gasteiger partial charge in [-0.2, -0.15) is 0 Å². The highest BCUT2D eigenvalue weighted by atomic mass is 32.2. The van der Waals surface area contributed by atoms with Crippen molar-refractivity contribution in [2.75, 3.05) is 18.9 Å². The molecule has 0 unspecified atom stereocenters. The molecule has 1 aromatic rings. The summed E-state index contributed by atoms with van der Waals surface area (Å²) in [6.45, 7) is 3.12. The Morgan fingerprint density at radius 2 is 2.00 bits per heavy atom. The first-order valence-corrected chi connectivity index (χ1v) is 10.8. The van der Waals surface area contributed by atoms with Crippen molar-refractivity contribution in [1.29, 1.82) is 0 Å². The predicted octanol–water partition coefficient (Wildman–Crippen LogP) is 1.39. The van der Waals surface area contributed by atoms with Crippen LogP contribution in [-0.2, 0) is 23.9 Å². The fourth-order valence-corrected chi connectivity index (χ4v) is 4.82. The van der Waals surface area contributed by atoms with Gasteiger partial charge < -0.3 is 24.8 Å². The number of β-lactam (4-membered cyclic amide) rings is 1. The summed E-state index contributed by atoms with van der Waals surface area (Å²) in [5.41, 5.74) is -0.0231. The number of para-hydroxylation sites is 1. The summed E-state index contributed by atoms with van der Waals surface area (Å²) in [5, 5.41) is 12.3. The van der Waals surface area contributed by atoms with E-state index in [0.717, 1.165) is 0 Å². The molecule has 0 bridgehead atoms. The molecule has 3 atom stereocenters. The van der Waals surface area contributed by atoms with Crippen molar-refractivity contribution in [2.24, 2.45) is 5.92 Å². The maximum absolute atomic E-state index is 12.5. The van der Waals surface area contributed by atoms with Crippen molar-refractivity contribution in [1.82, 2.24) is 10.2 Å². The molecule has 0 aliphatic carbocycles. The molecule has 3 rings (SSSR count). The lowest BCUT2D eigenvalue weighted by atomic mass is 9.83. The van der Waals surface area contributed by atoms with Gasteiger partial charge in [0.05, 0.1) is 12.0 Å². The molecule has 31 heavy (non-hydrogen) atoms. The molecule has 9 nitrogen and oxygen atoms in total. The fourth-order valence-electron chi connectivity index (χ4n) is 3.76. The maximum atomic E-state index is 12.5. The zero-order valence-electron chi connectivity index (χ0n) is 17.2. The third-order valence-corrected chi connectivity index (χ3v) is 6.16. The summed E-state index contributed by atoms with van der Waals surface area (Å²) in [5.74, 6) is -1.79. The number of carboxylic acids is 1. The highest BCUT2D eigenvalue weighted by Gasteiger charge is 2.57. The number of hydrogen-bond donors (Lipinski definition) is 2. The molecule has 0 aromatic heterocycles. The number of thioether (sulfide) groups is 1. The molecule has 2 aliphatic rings. The normalized spacial score (nSPS) is 20.6. The van der Waals surface area contributed by atoms with E-state index in [2.05, 4.69) is 5.32 Å². The Morgan fingerprint density at radius 1 is 1.29 bits per heavy atom. The lowest BCUT2D eigenvalue weighted by Crippen LogP contribution is -2.62. The summed E-state index contributed by atoms with van der Waals surface area (Å²) in [4.78, 5) is 49.2. The van der Waals surface area contributed by atoms with Gasteiger partial charge in [0.2, 0.25) is 5.91 Å². The van der Waals surface area contributed by atoms with Crippen LogP contribution >= 0.6 is 11.8 Å². The van der Waals surface area contributed by atoms with Gasteiger partial charge >= 0.3 is 11.9 Å². The predicted molar refractivity (Wildman–Crippen MR) is 112 cm³/mol. The highest BCUT2D eigenvalue weighted by Crippen LogP contribution is 2.47. The summed E-state index contributed by atoms with van der Waals surface area (Å²) in [6.07, 6.45) is -0.228. The molecule has 10 heteroatoms.